The van der Waals surface area contributed by atoms with E-state index in [2.05, 4.69) is 12.2 Å². The van der Waals surface area contributed by atoms with E-state index in [0.29, 0.717) is 0 Å². The van der Waals surface area contributed by atoms with Crippen molar-refractivity contribution in [2.24, 2.45) is 11.3 Å². The van der Waals surface area contributed by atoms with Crippen LogP contribution >= 0.6 is 0 Å². The smallest absolute Gasteiger partial charge is 0.000841 e. The van der Waals surface area contributed by atoms with E-state index in [4.69, 9.17) is 0 Å². The van der Waals surface area contributed by atoms with Gasteiger partial charge in [0, 0.05) is 6.54 Å². The van der Waals surface area contributed by atoms with Gasteiger partial charge in [-0.15, -0.1) is 0 Å². The van der Waals surface area contributed by atoms with Gasteiger partial charge in [-0.1, -0.05) is 20.8 Å². The summed E-state index contributed by atoms with van der Waals surface area (Å²) in [6.07, 6.45) is 2.94. The van der Waals surface area contributed by atoms with Crippen LogP contribution in [-0.4, -0.2) is 13.1 Å². The summed E-state index contributed by atoms with van der Waals surface area (Å²) in [6.45, 7) is 8.97. The number of nitrogens with one attached hydrogen (secondary N) is 1. The Labute approximate surface area is 64.2 Å². The first kappa shape index (κ1) is 8.06. The molecule has 2 rings (SSSR count). The lowest BCUT2D eigenvalue weighted by Gasteiger charge is -2.40. The Morgan fingerprint density at radius 1 is 1.40 bits per heavy atom. The summed E-state index contributed by atoms with van der Waals surface area (Å²) >= 11 is 0. The maximum absolute atomic E-state index is 3.42. The molecule has 1 saturated heterocycles. The number of fused-ring (bicyclic) bond motifs is 1. The third-order valence-corrected chi connectivity index (χ3v) is 2.97. The average Bonchev–Trinajstić information content (AvgIpc) is 2.20. The second-order valence-electron chi connectivity index (χ2n) is 3.52. The number of hydrogen-bond donors (Lipinski definition) is 1. The lowest BCUT2D eigenvalue weighted by Crippen LogP contribution is -2.35. The van der Waals surface area contributed by atoms with Crippen LogP contribution in [0.25, 0.3) is 0 Å². The van der Waals surface area contributed by atoms with Gasteiger partial charge in [0.2, 0.25) is 0 Å². The molecule has 60 valence electrons. The van der Waals surface area contributed by atoms with E-state index in [-0.39, 0.29) is 0 Å². The van der Waals surface area contributed by atoms with Gasteiger partial charge in [0.1, 0.15) is 0 Å². The van der Waals surface area contributed by atoms with Gasteiger partial charge in [0.25, 0.3) is 0 Å². The van der Waals surface area contributed by atoms with Gasteiger partial charge < -0.3 is 5.32 Å². The van der Waals surface area contributed by atoms with Crippen LogP contribution in [0.15, 0.2) is 0 Å². The largest absolute Gasteiger partial charge is 0.316 e. The summed E-state index contributed by atoms with van der Waals surface area (Å²) in [5, 5.41) is 3.42. The molecule has 2 atom stereocenters. The average molecular weight is 141 g/mol. The summed E-state index contributed by atoms with van der Waals surface area (Å²) in [4.78, 5) is 0. The fourth-order valence-corrected chi connectivity index (χ4v) is 1.95. The van der Waals surface area contributed by atoms with Crippen LogP contribution in [0, 0.1) is 11.3 Å². The van der Waals surface area contributed by atoms with Crippen molar-refractivity contribution in [3.05, 3.63) is 0 Å². The third-order valence-electron chi connectivity index (χ3n) is 2.97. The molecular weight excluding hydrogens is 122 g/mol. The fourth-order valence-electron chi connectivity index (χ4n) is 1.95. The van der Waals surface area contributed by atoms with Gasteiger partial charge in [-0.25, -0.2) is 0 Å². The molecule has 1 aliphatic heterocycles. The monoisotopic (exact) mass is 141 g/mol. The molecule has 1 saturated carbocycles. The van der Waals surface area contributed by atoms with E-state index in [1.54, 1.807) is 0 Å². The zero-order valence-corrected chi connectivity index (χ0v) is 7.41. The zero-order chi connectivity index (χ0) is 7.61. The van der Waals surface area contributed by atoms with Crippen LogP contribution in [0.3, 0.4) is 0 Å². The molecule has 1 nitrogen and oxygen atoms in total. The van der Waals surface area contributed by atoms with E-state index >= 15 is 0 Å². The Morgan fingerprint density at radius 3 is 2.30 bits per heavy atom. The van der Waals surface area contributed by atoms with Crippen molar-refractivity contribution in [1.29, 1.82) is 0 Å². The highest BCUT2D eigenvalue weighted by Crippen LogP contribution is 2.48. The minimum Gasteiger partial charge on any atom is -0.316 e. The molecule has 0 aromatic rings. The second kappa shape index (κ2) is 2.91. The summed E-state index contributed by atoms with van der Waals surface area (Å²) < 4.78 is 0. The Kier molecular flexibility index (Phi) is 2.35. The molecule has 0 spiro atoms. The van der Waals surface area contributed by atoms with Crippen molar-refractivity contribution in [1.82, 2.24) is 5.32 Å². The summed E-state index contributed by atoms with van der Waals surface area (Å²) in [7, 11) is 0. The Bertz CT molecular complexity index is 111. The number of hydrogen-bond acceptors (Lipinski definition) is 1. The second-order valence-corrected chi connectivity index (χ2v) is 3.52. The van der Waals surface area contributed by atoms with Gasteiger partial charge in [-0.3, -0.25) is 0 Å². The van der Waals surface area contributed by atoms with Crippen LogP contribution < -0.4 is 5.32 Å². The molecule has 1 heteroatoms. The molecule has 0 aromatic carbocycles. The molecule has 2 fully saturated rings. The highest BCUT2D eigenvalue weighted by atomic mass is 14.9. The van der Waals surface area contributed by atoms with Crippen LogP contribution in [0.2, 0.25) is 0 Å². The molecule has 2 aliphatic rings. The van der Waals surface area contributed by atoms with Crippen molar-refractivity contribution in [2.75, 3.05) is 13.1 Å². The maximum Gasteiger partial charge on any atom is 0.000841 e. The highest BCUT2D eigenvalue weighted by Gasteiger charge is 2.45. The minimum atomic E-state index is 0.722. The quantitative estimate of drug-likeness (QED) is 0.544. The Hall–Kier alpha value is -0.0400. The van der Waals surface area contributed by atoms with Gasteiger partial charge in [-0.2, -0.15) is 0 Å². The molecule has 1 aliphatic carbocycles. The molecule has 0 radical (unpaired) electrons. The molecule has 0 amide bonds. The van der Waals surface area contributed by atoms with Crippen molar-refractivity contribution in [3.8, 4) is 0 Å². The van der Waals surface area contributed by atoms with Crippen LogP contribution in [0.1, 0.15) is 33.6 Å². The minimum absolute atomic E-state index is 0.722. The SMILES string of the molecule is CC.CC12CCC1CNC2. The summed E-state index contributed by atoms with van der Waals surface area (Å²) in [5.74, 6) is 1.03. The molecule has 1 heterocycles. The lowest BCUT2D eigenvalue weighted by atomic mass is 9.64. The van der Waals surface area contributed by atoms with E-state index in [0.717, 1.165) is 11.3 Å². The predicted molar refractivity (Wildman–Crippen MR) is 45.0 cm³/mol. The molecule has 2 unspecified atom stereocenters. The highest BCUT2D eigenvalue weighted by molar-refractivity contribution is 4.99. The lowest BCUT2D eigenvalue weighted by molar-refractivity contribution is 0.110. The van der Waals surface area contributed by atoms with E-state index in [1.807, 2.05) is 13.8 Å². The van der Waals surface area contributed by atoms with Crippen molar-refractivity contribution in [2.45, 2.75) is 33.6 Å². The Balaban J connectivity index is 0.000000231. The molecule has 0 aromatic heterocycles. The van der Waals surface area contributed by atoms with Crippen LogP contribution in [-0.2, 0) is 0 Å². The predicted octanol–water partition coefficient (Wildman–Crippen LogP) is 2.03. The molecule has 0 bridgehead atoms. The van der Waals surface area contributed by atoms with Crippen molar-refractivity contribution >= 4 is 0 Å². The fraction of sp³-hybridized carbons (Fsp3) is 1.00. The number of rotatable bonds is 0. The van der Waals surface area contributed by atoms with Crippen molar-refractivity contribution in [3.63, 3.8) is 0 Å². The molecule has 10 heavy (non-hydrogen) atoms. The van der Waals surface area contributed by atoms with Crippen LogP contribution in [0.5, 0.6) is 0 Å². The first-order chi connectivity index (χ1) is 4.81. The standard InChI is InChI=1S/C7H13N.C2H6/c1-7-3-2-6(7)4-8-5-7;1-2/h6,8H,2-5H2,1H3;1-2H3. The van der Waals surface area contributed by atoms with Gasteiger partial charge in [0.15, 0.2) is 0 Å². The Morgan fingerprint density at radius 2 is 2.10 bits per heavy atom. The van der Waals surface area contributed by atoms with Gasteiger partial charge in [-0.05, 0) is 30.7 Å². The summed E-state index contributed by atoms with van der Waals surface area (Å²) in [5.41, 5.74) is 0.722. The van der Waals surface area contributed by atoms with E-state index < -0.39 is 0 Å². The zero-order valence-electron chi connectivity index (χ0n) is 7.41. The van der Waals surface area contributed by atoms with Crippen LogP contribution in [0.4, 0.5) is 0 Å². The van der Waals surface area contributed by atoms with E-state index in [1.165, 1.54) is 25.9 Å². The molecular formula is C9H19N. The summed E-state index contributed by atoms with van der Waals surface area (Å²) in [6, 6.07) is 0. The maximum atomic E-state index is 3.42. The third kappa shape index (κ3) is 1.07. The van der Waals surface area contributed by atoms with Gasteiger partial charge in [0.05, 0.1) is 0 Å². The van der Waals surface area contributed by atoms with E-state index in [9.17, 15) is 0 Å². The topological polar surface area (TPSA) is 12.0 Å². The normalized spacial score (nSPS) is 42.9. The first-order valence-electron chi connectivity index (χ1n) is 4.52. The van der Waals surface area contributed by atoms with Gasteiger partial charge >= 0.3 is 0 Å². The first-order valence-corrected chi connectivity index (χ1v) is 4.52. The van der Waals surface area contributed by atoms with Crippen molar-refractivity contribution < 1.29 is 0 Å². The molecule has 1 N–H and O–H groups in total.